The van der Waals surface area contributed by atoms with Crippen LogP contribution in [0.4, 0.5) is 16.2 Å². The maximum Gasteiger partial charge on any atom is 0.411 e. The summed E-state index contributed by atoms with van der Waals surface area (Å²) in [7, 11) is 1.38. The topological polar surface area (TPSA) is 41.6 Å². The molecule has 2 aliphatic rings. The van der Waals surface area contributed by atoms with Gasteiger partial charge in [-0.3, -0.25) is 5.32 Å². The van der Waals surface area contributed by atoms with Crippen LogP contribution in [-0.4, -0.2) is 26.3 Å². The summed E-state index contributed by atoms with van der Waals surface area (Å²) in [6.45, 7) is 1.98. The molecule has 5 rings (SSSR count). The number of amides is 1. The van der Waals surface area contributed by atoms with Gasteiger partial charge in [0.15, 0.2) is 0 Å². The van der Waals surface area contributed by atoms with Crippen molar-refractivity contribution in [2.75, 3.05) is 30.4 Å². The number of benzene rings is 3. The van der Waals surface area contributed by atoms with E-state index in [0.29, 0.717) is 0 Å². The zero-order valence-corrected chi connectivity index (χ0v) is 19.3. The lowest BCUT2D eigenvalue weighted by Gasteiger charge is -2.43. The Labute approximate surface area is 198 Å². The van der Waals surface area contributed by atoms with Crippen LogP contribution in [0.15, 0.2) is 60.7 Å². The van der Waals surface area contributed by atoms with E-state index in [1.807, 2.05) is 36.4 Å². The summed E-state index contributed by atoms with van der Waals surface area (Å²) >= 11 is 12.7. The molecule has 32 heavy (non-hydrogen) atoms. The molecule has 1 amide bonds. The van der Waals surface area contributed by atoms with E-state index in [9.17, 15) is 4.79 Å². The van der Waals surface area contributed by atoms with Gasteiger partial charge in [0.25, 0.3) is 0 Å². The molecule has 0 radical (unpaired) electrons. The van der Waals surface area contributed by atoms with E-state index in [4.69, 9.17) is 27.9 Å². The zero-order valence-electron chi connectivity index (χ0n) is 17.8. The lowest BCUT2D eigenvalue weighted by Crippen LogP contribution is -2.37. The van der Waals surface area contributed by atoms with E-state index < -0.39 is 6.09 Å². The molecule has 0 saturated carbocycles. The third-order valence-electron chi connectivity index (χ3n) is 6.55. The van der Waals surface area contributed by atoms with E-state index in [1.54, 1.807) is 0 Å². The first-order valence-electron chi connectivity index (χ1n) is 10.8. The number of methoxy groups -OCH3 is 1. The van der Waals surface area contributed by atoms with Gasteiger partial charge in [-0.2, -0.15) is 0 Å². The number of carbonyl (C=O) groups excluding carboxylic acids is 1. The van der Waals surface area contributed by atoms with Crippen LogP contribution in [0.5, 0.6) is 0 Å². The molecule has 0 fully saturated rings. The standard InChI is InChI=1S/C26H24Cl2N2O2/c1-32-26(31)29-20-14-23-21(16-4-2-6-18(27)12-16)8-10-30-11-9-22(24(15-20)25(23)30)17-5-3-7-19(28)13-17/h2-7,12-15,21-22H,8-11H2,1H3,(H,29,31)/t21-,22+. The van der Waals surface area contributed by atoms with Crippen LogP contribution < -0.4 is 10.2 Å². The number of anilines is 2. The normalized spacial score (nSPS) is 19.3. The highest BCUT2D eigenvalue weighted by atomic mass is 35.5. The molecule has 1 N–H and O–H groups in total. The molecule has 164 valence electrons. The number of halogens is 2. The number of carbonyl (C=O) groups is 1. The third kappa shape index (κ3) is 3.94. The third-order valence-corrected chi connectivity index (χ3v) is 7.02. The molecular weight excluding hydrogens is 443 g/mol. The van der Waals surface area contributed by atoms with Crippen molar-refractivity contribution in [3.8, 4) is 0 Å². The highest BCUT2D eigenvalue weighted by molar-refractivity contribution is 6.30. The minimum Gasteiger partial charge on any atom is -0.453 e. The van der Waals surface area contributed by atoms with Crippen LogP contribution in [0.1, 0.15) is 46.9 Å². The lowest BCUT2D eigenvalue weighted by atomic mass is 9.76. The predicted molar refractivity (Wildman–Crippen MR) is 131 cm³/mol. The number of nitrogens with one attached hydrogen (secondary N) is 1. The average molecular weight is 467 g/mol. The van der Waals surface area contributed by atoms with Crippen LogP contribution >= 0.6 is 23.2 Å². The zero-order chi connectivity index (χ0) is 22.2. The van der Waals surface area contributed by atoms with Gasteiger partial charge < -0.3 is 9.64 Å². The molecule has 2 aliphatic heterocycles. The van der Waals surface area contributed by atoms with Gasteiger partial charge in [-0.1, -0.05) is 47.5 Å². The van der Waals surface area contributed by atoms with Crippen molar-refractivity contribution in [3.63, 3.8) is 0 Å². The van der Waals surface area contributed by atoms with Crippen LogP contribution in [0.3, 0.4) is 0 Å². The fourth-order valence-electron chi connectivity index (χ4n) is 5.17. The first kappa shape index (κ1) is 21.2. The minimum absolute atomic E-state index is 0.205. The largest absolute Gasteiger partial charge is 0.453 e. The molecule has 0 saturated heterocycles. The molecule has 6 heteroatoms. The minimum atomic E-state index is -0.473. The van der Waals surface area contributed by atoms with Crippen molar-refractivity contribution in [1.82, 2.24) is 0 Å². The molecule has 2 atom stereocenters. The van der Waals surface area contributed by atoms with E-state index in [1.165, 1.54) is 35.1 Å². The summed E-state index contributed by atoms with van der Waals surface area (Å²) < 4.78 is 4.87. The molecule has 4 nitrogen and oxygen atoms in total. The van der Waals surface area contributed by atoms with Crippen molar-refractivity contribution in [1.29, 1.82) is 0 Å². The lowest BCUT2D eigenvalue weighted by molar-refractivity contribution is 0.187. The maximum absolute atomic E-state index is 12.0. The molecule has 0 spiro atoms. The molecule has 0 aromatic heterocycles. The summed E-state index contributed by atoms with van der Waals surface area (Å²) in [5.74, 6) is 0.410. The number of hydrogen-bond donors (Lipinski definition) is 1. The van der Waals surface area contributed by atoms with Gasteiger partial charge in [0.05, 0.1) is 7.11 Å². The Balaban J connectivity index is 1.68. The van der Waals surface area contributed by atoms with E-state index in [0.717, 1.165) is 41.7 Å². The second kappa shape index (κ2) is 8.68. The summed E-state index contributed by atoms with van der Waals surface area (Å²) in [5, 5.41) is 4.36. The number of nitrogens with zero attached hydrogens (tertiary/aromatic N) is 1. The SMILES string of the molecule is COC(=O)Nc1cc2c3c(c1)[C@H](c1cccc(Cl)c1)CCN3CC[C@@H]2c1cccc(Cl)c1. The van der Waals surface area contributed by atoms with E-state index in [2.05, 4.69) is 34.5 Å². The molecule has 3 aromatic carbocycles. The highest BCUT2D eigenvalue weighted by Crippen LogP contribution is 2.50. The molecular formula is C26H24Cl2N2O2. The van der Waals surface area contributed by atoms with Gasteiger partial charge in [0.2, 0.25) is 0 Å². The van der Waals surface area contributed by atoms with Gasteiger partial charge in [0, 0.05) is 46.3 Å². The van der Waals surface area contributed by atoms with Crippen LogP contribution in [0, 0.1) is 0 Å². The smallest absolute Gasteiger partial charge is 0.411 e. The Morgan fingerprint density at radius 2 is 1.44 bits per heavy atom. The monoisotopic (exact) mass is 466 g/mol. The Morgan fingerprint density at radius 1 is 0.906 bits per heavy atom. The molecule has 0 aliphatic carbocycles. The molecule has 3 aromatic rings. The van der Waals surface area contributed by atoms with Crippen molar-refractivity contribution >= 4 is 40.7 Å². The van der Waals surface area contributed by atoms with Crippen molar-refractivity contribution < 1.29 is 9.53 Å². The number of hydrogen-bond acceptors (Lipinski definition) is 3. The summed E-state index contributed by atoms with van der Waals surface area (Å²) in [4.78, 5) is 14.5. The first-order chi connectivity index (χ1) is 15.5. The summed E-state index contributed by atoms with van der Waals surface area (Å²) in [6, 6.07) is 20.4. The fourth-order valence-corrected chi connectivity index (χ4v) is 5.57. The van der Waals surface area contributed by atoms with Gasteiger partial charge in [-0.15, -0.1) is 0 Å². The second-order valence-corrected chi connectivity index (χ2v) is 9.27. The number of rotatable bonds is 3. The average Bonchev–Trinajstić information content (AvgIpc) is 2.79. The van der Waals surface area contributed by atoms with Crippen molar-refractivity contribution in [2.45, 2.75) is 24.7 Å². The Morgan fingerprint density at radius 3 is 1.91 bits per heavy atom. The number of ether oxygens (including phenoxy) is 1. The van der Waals surface area contributed by atoms with Gasteiger partial charge in [0.1, 0.15) is 0 Å². The molecule has 0 unspecified atom stereocenters. The van der Waals surface area contributed by atoms with Gasteiger partial charge in [-0.05, 0) is 71.5 Å². The highest BCUT2D eigenvalue weighted by Gasteiger charge is 2.35. The Bertz CT molecular complexity index is 1100. The van der Waals surface area contributed by atoms with E-state index in [-0.39, 0.29) is 11.8 Å². The van der Waals surface area contributed by atoms with Crippen LogP contribution in [0.25, 0.3) is 0 Å². The maximum atomic E-state index is 12.0. The van der Waals surface area contributed by atoms with Gasteiger partial charge in [-0.25, -0.2) is 4.79 Å². The van der Waals surface area contributed by atoms with Gasteiger partial charge >= 0.3 is 6.09 Å². The van der Waals surface area contributed by atoms with Crippen LogP contribution in [-0.2, 0) is 4.74 Å². The van der Waals surface area contributed by atoms with Crippen molar-refractivity contribution in [2.24, 2.45) is 0 Å². The second-order valence-electron chi connectivity index (χ2n) is 8.40. The molecule has 2 heterocycles. The predicted octanol–water partition coefficient (Wildman–Crippen LogP) is 7.05. The van der Waals surface area contributed by atoms with Crippen molar-refractivity contribution in [3.05, 3.63) is 93.0 Å². The van der Waals surface area contributed by atoms with E-state index >= 15 is 0 Å². The fraction of sp³-hybridized carbons (Fsp3) is 0.269. The first-order valence-corrected chi connectivity index (χ1v) is 11.6. The summed E-state index contributed by atoms with van der Waals surface area (Å²) in [5.41, 5.74) is 6.84. The van der Waals surface area contributed by atoms with Crippen LogP contribution in [0.2, 0.25) is 10.0 Å². The summed E-state index contributed by atoms with van der Waals surface area (Å²) in [6.07, 6.45) is 1.52. The Kier molecular flexibility index (Phi) is 5.75. The Hall–Kier alpha value is -2.69. The quantitative estimate of drug-likeness (QED) is 0.449. The molecule has 0 bridgehead atoms.